The third kappa shape index (κ3) is 3.70. The Hall–Kier alpha value is -3.44. The number of aliphatic carboxylic acids is 1. The summed E-state index contributed by atoms with van der Waals surface area (Å²) in [6.45, 7) is 8.47. The number of fused-ring (bicyclic) bond motifs is 1. The van der Waals surface area contributed by atoms with Gasteiger partial charge in [-0.15, -0.1) is 0 Å². The fraction of sp³-hybridized carbons (Fsp3) is 0.310. The standard InChI is InChI=1S/C29H29NO4/c1-5-29(3,4)34-27(28(31)32)23-17(2)16-19-8-6-7-9-20(19)25(23)21-10-11-22-24-18(13-15-33-22)12-14-30-26(21)24/h6-12,14,16,27H,5,13,15H2,1-4H3,(H,31,32). The average Bonchev–Trinajstić information content (AvgIpc) is 2.83. The molecule has 0 saturated heterocycles. The summed E-state index contributed by atoms with van der Waals surface area (Å²) in [7, 11) is 0. The number of carbonyl (C=O) groups is 1. The van der Waals surface area contributed by atoms with Gasteiger partial charge in [0.15, 0.2) is 6.10 Å². The Morgan fingerprint density at radius 1 is 1.21 bits per heavy atom. The molecule has 4 aromatic rings. The van der Waals surface area contributed by atoms with Crippen LogP contribution in [0.5, 0.6) is 5.75 Å². The summed E-state index contributed by atoms with van der Waals surface area (Å²) in [4.78, 5) is 17.4. The van der Waals surface area contributed by atoms with E-state index >= 15 is 0 Å². The molecule has 2 heterocycles. The fourth-order valence-corrected chi connectivity index (χ4v) is 4.87. The zero-order valence-corrected chi connectivity index (χ0v) is 20.0. The Morgan fingerprint density at radius 3 is 2.76 bits per heavy atom. The minimum atomic E-state index is -1.11. The summed E-state index contributed by atoms with van der Waals surface area (Å²) in [6, 6.07) is 16.2. The molecule has 3 aromatic carbocycles. The van der Waals surface area contributed by atoms with Crippen LogP contribution >= 0.6 is 0 Å². The summed E-state index contributed by atoms with van der Waals surface area (Å²) >= 11 is 0. The molecule has 0 spiro atoms. The number of aryl methyl sites for hydroxylation is 1. The van der Waals surface area contributed by atoms with Crippen molar-refractivity contribution in [2.24, 2.45) is 0 Å². The van der Waals surface area contributed by atoms with Gasteiger partial charge in [0, 0.05) is 29.1 Å². The summed E-state index contributed by atoms with van der Waals surface area (Å²) in [5.74, 6) is -0.176. The molecule has 34 heavy (non-hydrogen) atoms. The largest absolute Gasteiger partial charge is 0.493 e. The molecule has 1 unspecified atom stereocenters. The summed E-state index contributed by atoms with van der Waals surface area (Å²) in [5, 5.41) is 13.4. The first-order valence-electron chi connectivity index (χ1n) is 11.8. The van der Waals surface area contributed by atoms with Crippen LogP contribution in [0.25, 0.3) is 32.8 Å². The second kappa shape index (κ2) is 8.41. The quantitative estimate of drug-likeness (QED) is 0.353. The lowest BCUT2D eigenvalue weighted by Gasteiger charge is -2.31. The number of benzene rings is 3. The zero-order valence-electron chi connectivity index (χ0n) is 20.0. The average molecular weight is 456 g/mol. The third-order valence-corrected chi connectivity index (χ3v) is 6.91. The number of carboxylic acid groups (broad SMARTS) is 1. The lowest BCUT2D eigenvalue weighted by Crippen LogP contribution is -2.30. The van der Waals surface area contributed by atoms with E-state index in [1.54, 1.807) is 0 Å². The Bertz CT molecular complexity index is 1410. The number of aromatic nitrogens is 1. The van der Waals surface area contributed by atoms with Crippen molar-refractivity contribution in [3.8, 4) is 16.9 Å². The molecule has 1 N–H and O–H groups in total. The van der Waals surface area contributed by atoms with E-state index in [1.807, 2.05) is 76.4 Å². The number of carboxylic acids is 1. The highest BCUT2D eigenvalue weighted by molar-refractivity contribution is 6.08. The van der Waals surface area contributed by atoms with Gasteiger partial charge in [0.25, 0.3) is 0 Å². The second-order valence-corrected chi connectivity index (χ2v) is 9.56. The molecule has 1 atom stereocenters. The van der Waals surface area contributed by atoms with Gasteiger partial charge in [0.05, 0.1) is 17.7 Å². The lowest BCUT2D eigenvalue weighted by atomic mass is 9.85. The predicted molar refractivity (Wildman–Crippen MR) is 134 cm³/mol. The molecule has 0 bridgehead atoms. The third-order valence-electron chi connectivity index (χ3n) is 6.91. The number of hydrogen-bond acceptors (Lipinski definition) is 4. The number of ether oxygens (including phenoxy) is 2. The van der Waals surface area contributed by atoms with Crippen molar-refractivity contribution in [1.29, 1.82) is 0 Å². The van der Waals surface area contributed by atoms with Crippen LogP contribution < -0.4 is 4.74 Å². The first-order valence-corrected chi connectivity index (χ1v) is 11.8. The number of nitrogens with zero attached hydrogens (tertiary/aromatic N) is 1. The van der Waals surface area contributed by atoms with E-state index in [4.69, 9.17) is 14.5 Å². The van der Waals surface area contributed by atoms with Gasteiger partial charge in [-0.1, -0.05) is 37.3 Å². The van der Waals surface area contributed by atoms with E-state index in [0.29, 0.717) is 18.6 Å². The monoisotopic (exact) mass is 455 g/mol. The van der Waals surface area contributed by atoms with Crippen LogP contribution in [0.3, 0.4) is 0 Å². The second-order valence-electron chi connectivity index (χ2n) is 9.56. The maximum atomic E-state index is 12.6. The minimum Gasteiger partial charge on any atom is -0.493 e. The van der Waals surface area contributed by atoms with Crippen LogP contribution in [0, 0.1) is 6.92 Å². The van der Waals surface area contributed by atoms with E-state index in [9.17, 15) is 9.90 Å². The van der Waals surface area contributed by atoms with Crippen LogP contribution in [0.2, 0.25) is 0 Å². The van der Waals surface area contributed by atoms with Gasteiger partial charge in [0.1, 0.15) is 5.75 Å². The van der Waals surface area contributed by atoms with Crippen LogP contribution in [0.4, 0.5) is 0 Å². The Kier molecular flexibility index (Phi) is 5.53. The number of pyridine rings is 1. The van der Waals surface area contributed by atoms with Crippen molar-refractivity contribution in [2.45, 2.75) is 52.2 Å². The topological polar surface area (TPSA) is 68.7 Å². The van der Waals surface area contributed by atoms with Crippen molar-refractivity contribution >= 4 is 27.6 Å². The highest BCUT2D eigenvalue weighted by Crippen LogP contribution is 2.45. The van der Waals surface area contributed by atoms with Crippen molar-refractivity contribution in [1.82, 2.24) is 4.98 Å². The maximum absolute atomic E-state index is 12.6. The first-order chi connectivity index (χ1) is 16.3. The van der Waals surface area contributed by atoms with E-state index in [-0.39, 0.29) is 0 Å². The van der Waals surface area contributed by atoms with Crippen LogP contribution in [0.15, 0.2) is 54.7 Å². The molecule has 5 nitrogen and oxygen atoms in total. The molecule has 0 aliphatic carbocycles. The molecule has 0 saturated carbocycles. The van der Waals surface area contributed by atoms with Gasteiger partial charge in [-0.2, -0.15) is 0 Å². The molecule has 1 aromatic heterocycles. The Labute approximate surface area is 199 Å². The van der Waals surface area contributed by atoms with Crippen LogP contribution in [-0.2, 0) is 16.0 Å². The van der Waals surface area contributed by atoms with Gasteiger partial charge < -0.3 is 14.6 Å². The van der Waals surface area contributed by atoms with E-state index in [2.05, 4.69) is 6.07 Å². The van der Waals surface area contributed by atoms with Gasteiger partial charge >= 0.3 is 5.97 Å². The molecule has 0 amide bonds. The molecular weight excluding hydrogens is 426 g/mol. The smallest absolute Gasteiger partial charge is 0.337 e. The van der Waals surface area contributed by atoms with Gasteiger partial charge in [-0.05, 0) is 72.9 Å². The molecule has 1 aliphatic rings. The molecule has 0 radical (unpaired) electrons. The number of rotatable bonds is 6. The predicted octanol–water partition coefficient (Wildman–Crippen LogP) is 6.63. The van der Waals surface area contributed by atoms with Crippen molar-refractivity contribution < 1.29 is 19.4 Å². The molecule has 1 aliphatic heterocycles. The fourth-order valence-electron chi connectivity index (χ4n) is 4.87. The van der Waals surface area contributed by atoms with E-state index in [0.717, 1.165) is 50.5 Å². The SMILES string of the molecule is CCC(C)(C)OC(C(=O)O)c1c(C)cc2ccccc2c1-c1ccc2c3c(ccnc13)CCO2. The van der Waals surface area contributed by atoms with Gasteiger partial charge in [-0.25, -0.2) is 4.79 Å². The highest BCUT2D eigenvalue weighted by Gasteiger charge is 2.33. The molecular formula is C29H29NO4. The maximum Gasteiger partial charge on any atom is 0.337 e. The molecule has 0 fully saturated rings. The molecule has 5 rings (SSSR count). The molecule has 5 heteroatoms. The van der Waals surface area contributed by atoms with Crippen molar-refractivity contribution in [3.63, 3.8) is 0 Å². The van der Waals surface area contributed by atoms with Crippen molar-refractivity contribution in [3.05, 3.63) is 71.4 Å². The Balaban J connectivity index is 1.88. The highest BCUT2D eigenvalue weighted by atomic mass is 16.5. The van der Waals surface area contributed by atoms with Gasteiger partial charge in [-0.3, -0.25) is 4.98 Å². The van der Waals surface area contributed by atoms with Gasteiger partial charge in [0.2, 0.25) is 0 Å². The van der Waals surface area contributed by atoms with E-state index < -0.39 is 17.7 Å². The van der Waals surface area contributed by atoms with Crippen molar-refractivity contribution in [2.75, 3.05) is 6.61 Å². The summed E-state index contributed by atoms with van der Waals surface area (Å²) in [5.41, 5.74) is 4.73. The summed E-state index contributed by atoms with van der Waals surface area (Å²) < 4.78 is 12.2. The normalized spacial score (nSPS) is 14.2. The zero-order chi connectivity index (χ0) is 24.0. The van der Waals surface area contributed by atoms with Crippen LogP contribution in [-0.4, -0.2) is 28.3 Å². The first kappa shape index (κ1) is 22.4. The van der Waals surface area contributed by atoms with E-state index in [1.165, 1.54) is 5.56 Å². The molecule has 174 valence electrons. The summed E-state index contributed by atoms with van der Waals surface area (Å²) in [6.07, 6.45) is 2.23. The minimum absolute atomic E-state index is 0.593. The Morgan fingerprint density at radius 2 is 2.00 bits per heavy atom. The number of hydrogen-bond donors (Lipinski definition) is 1. The lowest BCUT2D eigenvalue weighted by molar-refractivity contribution is -0.162. The van der Waals surface area contributed by atoms with Crippen LogP contribution in [0.1, 0.15) is 50.0 Å².